The lowest BCUT2D eigenvalue weighted by molar-refractivity contribution is -0.125. The molecule has 1 atom stereocenters. The molecule has 4 heteroatoms. The highest BCUT2D eigenvalue weighted by Crippen LogP contribution is 2.08. The van der Waals surface area contributed by atoms with Crippen LogP contribution in [0.25, 0.3) is 0 Å². The average Bonchev–Trinajstić information content (AvgIpc) is 2.39. The molecule has 0 aliphatic heterocycles. The standard InChI is InChI=1S/C14H22N2O2/c1-3-14(2,15)13(17)16-10-7-11-18-12-8-5-4-6-9-12/h4-6,8-9H,3,7,10-11,15H2,1-2H3,(H,16,17). The summed E-state index contributed by atoms with van der Waals surface area (Å²) in [6, 6.07) is 9.62. The summed E-state index contributed by atoms with van der Waals surface area (Å²) in [6.07, 6.45) is 1.39. The molecular weight excluding hydrogens is 228 g/mol. The summed E-state index contributed by atoms with van der Waals surface area (Å²) in [7, 11) is 0. The maximum Gasteiger partial charge on any atom is 0.239 e. The minimum atomic E-state index is -0.777. The van der Waals surface area contributed by atoms with E-state index >= 15 is 0 Å². The number of nitrogens with two attached hydrogens (primary N) is 1. The second kappa shape index (κ2) is 7.01. The fourth-order valence-electron chi connectivity index (χ4n) is 1.34. The van der Waals surface area contributed by atoms with Gasteiger partial charge in [-0.05, 0) is 31.9 Å². The van der Waals surface area contributed by atoms with Crippen LogP contribution in [0.15, 0.2) is 30.3 Å². The van der Waals surface area contributed by atoms with Gasteiger partial charge in [-0.25, -0.2) is 0 Å². The Hall–Kier alpha value is -1.55. The molecule has 0 saturated carbocycles. The number of para-hydroxylation sites is 1. The molecule has 1 unspecified atom stereocenters. The van der Waals surface area contributed by atoms with Crippen LogP contribution in [0.5, 0.6) is 5.75 Å². The minimum absolute atomic E-state index is 0.107. The number of nitrogens with one attached hydrogen (secondary N) is 1. The Morgan fingerprint density at radius 2 is 2.06 bits per heavy atom. The van der Waals surface area contributed by atoms with Gasteiger partial charge in [0, 0.05) is 6.54 Å². The zero-order chi connectivity index (χ0) is 13.4. The summed E-state index contributed by atoms with van der Waals surface area (Å²) in [5.41, 5.74) is 5.04. The summed E-state index contributed by atoms with van der Waals surface area (Å²) in [6.45, 7) is 4.80. The fourth-order valence-corrected chi connectivity index (χ4v) is 1.34. The molecule has 0 bridgehead atoms. The third kappa shape index (κ3) is 4.75. The van der Waals surface area contributed by atoms with E-state index in [4.69, 9.17) is 10.5 Å². The number of hydrogen-bond acceptors (Lipinski definition) is 3. The van der Waals surface area contributed by atoms with Crippen LogP contribution in [-0.2, 0) is 4.79 Å². The lowest BCUT2D eigenvalue weighted by Crippen LogP contribution is -2.51. The predicted molar refractivity (Wildman–Crippen MR) is 72.4 cm³/mol. The van der Waals surface area contributed by atoms with Gasteiger partial charge in [0.25, 0.3) is 0 Å². The summed E-state index contributed by atoms with van der Waals surface area (Å²) in [5, 5.41) is 2.82. The second-order valence-electron chi connectivity index (χ2n) is 4.54. The number of hydrogen-bond donors (Lipinski definition) is 2. The fraction of sp³-hybridized carbons (Fsp3) is 0.500. The third-order valence-electron chi connectivity index (χ3n) is 2.87. The molecule has 0 heterocycles. The second-order valence-corrected chi connectivity index (χ2v) is 4.54. The molecule has 1 amide bonds. The maximum absolute atomic E-state index is 11.7. The van der Waals surface area contributed by atoms with Gasteiger partial charge in [-0.15, -0.1) is 0 Å². The van der Waals surface area contributed by atoms with Crippen molar-refractivity contribution in [1.82, 2.24) is 5.32 Å². The SMILES string of the molecule is CCC(C)(N)C(=O)NCCCOc1ccccc1. The van der Waals surface area contributed by atoms with Gasteiger partial charge in [0.05, 0.1) is 12.1 Å². The van der Waals surface area contributed by atoms with Crippen molar-refractivity contribution in [2.24, 2.45) is 5.73 Å². The molecule has 0 fully saturated rings. The monoisotopic (exact) mass is 250 g/mol. The normalized spacial score (nSPS) is 13.7. The van der Waals surface area contributed by atoms with Crippen LogP contribution in [0.3, 0.4) is 0 Å². The van der Waals surface area contributed by atoms with E-state index in [-0.39, 0.29) is 5.91 Å². The summed E-state index contributed by atoms with van der Waals surface area (Å²) in [4.78, 5) is 11.7. The molecule has 1 aromatic rings. The Kier molecular flexibility index (Phi) is 5.65. The Morgan fingerprint density at radius 1 is 1.39 bits per heavy atom. The quantitative estimate of drug-likeness (QED) is 0.724. The van der Waals surface area contributed by atoms with E-state index in [0.717, 1.165) is 12.2 Å². The first-order valence-electron chi connectivity index (χ1n) is 6.31. The smallest absolute Gasteiger partial charge is 0.239 e. The van der Waals surface area contributed by atoms with E-state index in [1.807, 2.05) is 37.3 Å². The average molecular weight is 250 g/mol. The van der Waals surface area contributed by atoms with Crippen LogP contribution < -0.4 is 15.8 Å². The van der Waals surface area contributed by atoms with Crippen LogP contribution in [-0.4, -0.2) is 24.6 Å². The molecule has 1 aromatic carbocycles. The highest BCUT2D eigenvalue weighted by molar-refractivity contribution is 5.85. The summed E-state index contributed by atoms with van der Waals surface area (Å²) in [5.74, 6) is 0.741. The largest absolute Gasteiger partial charge is 0.494 e. The van der Waals surface area contributed by atoms with Gasteiger partial charge in [0.1, 0.15) is 5.75 Å². The van der Waals surface area contributed by atoms with E-state index in [0.29, 0.717) is 19.6 Å². The van der Waals surface area contributed by atoms with Gasteiger partial charge < -0.3 is 15.8 Å². The van der Waals surface area contributed by atoms with Crippen molar-refractivity contribution in [3.63, 3.8) is 0 Å². The Balaban J connectivity index is 2.14. The first-order valence-corrected chi connectivity index (χ1v) is 6.31. The van der Waals surface area contributed by atoms with Gasteiger partial charge in [-0.2, -0.15) is 0 Å². The van der Waals surface area contributed by atoms with E-state index in [1.165, 1.54) is 0 Å². The lowest BCUT2D eigenvalue weighted by atomic mass is 10.00. The van der Waals surface area contributed by atoms with Crippen LogP contribution in [0.2, 0.25) is 0 Å². The maximum atomic E-state index is 11.7. The molecule has 0 saturated heterocycles. The zero-order valence-electron chi connectivity index (χ0n) is 11.1. The number of carbonyl (C=O) groups excluding carboxylic acids is 1. The van der Waals surface area contributed by atoms with Gasteiger partial charge >= 0.3 is 0 Å². The highest BCUT2D eigenvalue weighted by atomic mass is 16.5. The molecule has 4 nitrogen and oxygen atoms in total. The van der Waals surface area contributed by atoms with Crippen molar-refractivity contribution in [1.29, 1.82) is 0 Å². The van der Waals surface area contributed by atoms with Crippen LogP contribution in [0.4, 0.5) is 0 Å². The number of ether oxygens (including phenoxy) is 1. The van der Waals surface area contributed by atoms with Crippen molar-refractivity contribution in [3.8, 4) is 5.75 Å². The molecule has 3 N–H and O–H groups in total. The van der Waals surface area contributed by atoms with Crippen molar-refractivity contribution in [2.75, 3.05) is 13.2 Å². The summed E-state index contributed by atoms with van der Waals surface area (Å²) < 4.78 is 5.52. The van der Waals surface area contributed by atoms with Crippen molar-refractivity contribution < 1.29 is 9.53 Å². The molecule has 0 radical (unpaired) electrons. The van der Waals surface area contributed by atoms with Crippen LogP contribution in [0.1, 0.15) is 26.7 Å². The van der Waals surface area contributed by atoms with Crippen LogP contribution >= 0.6 is 0 Å². The first-order chi connectivity index (χ1) is 8.56. The Labute approximate surface area is 109 Å². The van der Waals surface area contributed by atoms with Gasteiger partial charge in [-0.1, -0.05) is 25.1 Å². The number of benzene rings is 1. The molecule has 0 aliphatic carbocycles. The number of rotatable bonds is 7. The van der Waals surface area contributed by atoms with E-state index in [9.17, 15) is 4.79 Å². The van der Waals surface area contributed by atoms with Gasteiger partial charge in [0.2, 0.25) is 5.91 Å². The third-order valence-corrected chi connectivity index (χ3v) is 2.87. The van der Waals surface area contributed by atoms with Crippen molar-refractivity contribution in [2.45, 2.75) is 32.2 Å². The highest BCUT2D eigenvalue weighted by Gasteiger charge is 2.24. The van der Waals surface area contributed by atoms with Gasteiger partial charge in [-0.3, -0.25) is 4.79 Å². The molecule has 0 aliphatic rings. The van der Waals surface area contributed by atoms with Crippen molar-refractivity contribution >= 4 is 5.91 Å². The Bertz CT molecular complexity index is 363. The molecule has 1 rings (SSSR count). The zero-order valence-corrected chi connectivity index (χ0v) is 11.1. The predicted octanol–water partition coefficient (Wildman–Crippen LogP) is 1.70. The number of carbonyl (C=O) groups is 1. The van der Waals surface area contributed by atoms with Crippen molar-refractivity contribution in [3.05, 3.63) is 30.3 Å². The van der Waals surface area contributed by atoms with E-state index in [2.05, 4.69) is 5.32 Å². The molecule has 0 spiro atoms. The summed E-state index contributed by atoms with van der Waals surface area (Å²) >= 11 is 0. The molecule has 18 heavy (non-hydrogen) atoms. The number of amides is 1. The lowest BCUT2D eigenvalue weighted by Gasteiger charge is -2.21. The van der Waals surface area contributed by atoms with E-state index < -0.39 is 5.54 Å². The molecule has 0 aromatic heterocycles. The molecule has 100 valence electrons. The Morgan fingerprint density at radius 3 is 2.67 bits per heavy atom. The minimum Gasteiger partial charge on any atom is -0.494 e. The first kappa shape index (κ1) is 14.5. The molecular formula is C14H22N2O2. The topological polar surface area (TPSA) is 64.4 Å². The van der Waals surface area contributed by atoms with Gasteiger partial charge in [0.15, 0.2) is 0 Å². The van der Waals surface area contributed by atoms with E-state index in [1.54, 1.807) is 6.92 Å². The van der Waals surface area contributed by atoms with Crippen LogP contribution in [0, 0.1) is 0 Å².